The van der Waals surface area contributed by atoms with Gasteiger partial charge in [0.2, 0.25) is 0 Å². The van der Waals surface area contributed by atoms with Crippen molar-refractivity contribution in [1.82, 2.24) is 0 Å². The molecule has 106 valence electrons. The molecule has 0 spiro atoms. The maximum Gasteiger partial charge on any atom is 0.336 e. The Balaban J connectivity index is 3.11. The van der Waals surface area contributed by atoms with Gasteiger partial charge in [0, 0.05) is 21.1 Å². The zero-order chi connectivity index (χ0) is 14.5. The van der Waals surface area contributed by atoms with E-state index in [0.29, 0.717) is 0 Å². The molecule has 0 amide bonds. The van der Waals surface area contributed by atoms with Crippen molar-refractivity contribution < 1.29 is 23.1 Å². The van der Waals surface area contributed by atoms with E-state index in [2.05, 4.69) is 0 Å². The van der Waals surface area contributed by atoms with Gasteiger partial charge in [0.05, 0.1) is 5.66 Å². The van der Waals surface area contributed by atoms with Crippen LogP contribution in [-0.4, -0.2) is 25.8 Å². The van der Waals surface area contributed by atoms with Gasteiger partial charge in [0.25, 0.3) is 0 Å². The third-order valence-electron chi connectivity index (χ3n) is 2.87. The van der Waals surface area contributed by atoms with Gasteiger partial charge >= 0.3 is 13.6 Å². The SMILES string of the molecule is COP(=O)(OC)C(C)C(OC(C)=O)c1ccccc1. The molecule has 5 nitrogen and oxygen atoms in total. The summed E-state index contributed by atoms with van der Waals surface area (Å²) in [5.74, 6) is -0.445. The highest BCUT2D eigenvalue weighted by atomic mass is 31.2. The number of carbonyl (C=O) groups is 1. The van der Waals surface area contributed by atoms with Gasteiger partial charge in [-0.1, -0.05) is 30.3 Å². The lowest BCUT2D eigenvalue weighted by atomic mass is 10.1. The van der Waals surface area contributed by atoms with Gasteiger partial charge in [-0.25, -0.2) is 0 Å². The molecule has 1 aromatic carbocycles. The fraction of sp³-hybridized carbons (Fsp3) is 0.462. The maximum absolute atomic E-state index is 12.4. The van der Waals surface area contributed by atoms with Crippen LogP contribution in [0.1, 0.15) is 25.5 Å². The van der Waals surface area contributed by atoms with Crippen LogP contribution >= 0.6 is 7.60 Å². The normalized spacial score (nSPS) is 14.7. The van der Waals surface area contributed by atoms with Crippen molar-refractivity contribution in [3.05, 3.63) is 35.9 Å². The molecule has 0 bridgehead atoms. The molecule has 1 rings (SSSR count). The number of benzene rings is 1. The molecule has 2 unspecified atom stereocenters. The quantitative estimate of drug-likeness (QED) is 0.593. The second-order valence-corrected chi connectivity index (χ2v) is 6.71. The average Bonchev–Trinajstić information content (AvgIpc) is 2.44. The Morgan fingerprint density at radius 2 is 1.68 bits per heavy atom. The molecular weight excluding hydrogens is 267 g/mol. The van der Waals surface area contributed by atoms with E-state index in [4.69, 9.17) is 13.8 Å². The van der Waals surface area contributed by atoms with Crippen LogP contribution in [-0.2, 0) is 23.1 Å². The fourth-order valence-corrected chi connectivity index (χ4v) is 3.22. The summed E-state index contributed by atoms with van der Waals surface area (Å²) in [6, 6.07) is 9.11. The molecule has 2 atom stereocenters. The van der Waals surface area contributed by atoms with Gasteiger partial charge in [0.1, 0.15) is 6.10 Å². The van der Waals surface area contributed by atoms with Crippen molar-refractivity contribution in [2.75, 3.05) is 14.2 Å². The van der Waals surface area contributed by atoms with Crippen LogP contribution in [0.4, 0.5) is 0 Å². The maximum atomic E-state index is 12.4. The Hall–Kier alpha value is -1.16. The minimum Gasteiger partial charge on any atom is -0.457 e. The molecule has 1 aromatic rings. The summed E-state index contributed by atoms with van der Waals surface area (Å²) in [5, 5.41) is 0. The topological polar surface area (TPSA) is 61.8 Å². The summed E-state index contributed by atoms with van der Waals surface area (Å²) in [7, 11) is -0.695. The van der Waals surface area contributed by atoms with Crippen LogP contribution in [0.2, 0.25) is 0 Å². The third-order valence-corrected chi connectivity index (χ3v) is 5.15. The lowest BCUT2D eigenvalue weighted by molar-refractivity contribution is -0.146. The minimum atomic E-state index is -3.33. The Morgan fingerprint density at radius 1 is 1.16 bits per heavy atom. The van der Waals surface area contributed by atoms with Crippen LogP contribution < -0.4 is 0 Å². The number of hydrogen-bond donors (Lipinski definition) is 0. The number of hydrogen-bond acceptors (Lipinski definition) is 5. The predicted molar refractivity (Wildman–Crippen MR) is 72.0 cm³/mol. The predicted octanol–water partition coefficient (Wildman–Crippen LogP) is 3.17. The lowest BCUT2D eigenvalue weighted by Crippen LogP contribution is -2.22. The van der Waals surface area contributed by atoms with Crippen LogP contribution in [0.15, 0.2) is 30.3 Å². The second-order valence-electron chi connectivity index (χ2n) is 4.09. The van der Waals surface area contributed by atoms with Crippen LogP contribution in [0.3, 0.4) is 0 Å². The van der Waals surface area contributed by atoms with E-state index >= 15 is 0 Å². The molecule has 0 N–H and O–H groups in total. The molecule has 0 saturated heterocycles. The Bertz CT molecular complexity index is 451. The highest BCUT2D eigenvalue weighted by Gasteiger charge is 2.39. The van der Waals surface area contributed by atoms with E-state index in [1.165, 1.54) is 21.1 Å². The molecule has 0 radical (unpaired) electrons. The molecule has 0 aliphatic carbocycles. The number of rotatable bonds is 6. The van der Waals surface area contributed by atoms with Crippen molar-refractivity contribution >= 4 is 13.6 Å². The first kappa shape index (κ1) is 15.9. The van der Waals surface area contributed by atoms with Gasteiger partial charge in [0.15, 0.2) is 0 Å². The highest BCUT2D eigenvalue weighted by molar-refractivity contribution is 7.54. The van der Waals surface area contributed by atoms with E-state index in [1.54, 1.807) is 19.1 Å². The first-order valence-electron chi connectivity index (χ1n) is 5.88. The fourth-order valence-electron chi connectivity index (χ4n) is 1.84. The van der Waals surface area contributed by atoms with E-state index in [-0.39, 0.29) is 0 Å². The smallest absolute Gasteiger partial charge is 0.336 e. The van der Waals surface area contributed by atoms with Gasteiger partial charge in [-0.3, -0.25) is 9.36 Å². The highest BCUT2D eigenvalue weighted by Crippen LogP contribution is 2.56. The summed E-state index contributed by atoms with van der Waals surface area (Å²) in [6.07, 6.45) is -0.676. The average molecular weight is 286 g/mol. The van der Waals surface area contributed by atoms with Crippen LogP contribution in [0.5, 0.6) is 0 Å². The van der Waals surface area contributed by atoms with Crippen molar-refractivity contribution in [3.8, 4) is 0 Å². The Labute approximate surface area is 113 Å². The van der Waals surface area contributed by atoms with E-state index in [0.717, 1.165) is 5.56 Å². The molecular formula is C13H19O5P. The molecule has 6 heteroatoms. The van der Waals surface area contributed by atoms with Gasteiger partial charge in [-0.15, -0.1) is 0 Å². The molecule has 0 aliphatic heterocycles. The summed E-state index contributed by atoms with van der Waals surface area (Å²) < 4.78 is 27.6. The first-order valence-corrected chi connectivity index (χ1v) is 7.49. The Morgan fingerprint density at radius 3 is 2.11 bits per heavy atom. The van der Waals surface area contributed by atoms with Gasteiger partial charge in [-0.05, 0) is 12.5 Å². The minimum absolute atomic E-state index is 0.445. The van der Waals surface area contributed by atoms with E-state index in [1.807, 2.05) is 18.2 Å². The monoisotopic (exact) mass is 286 g/mol. The molecule has 0 aliphatic rings. The second kappa shape index (κ2) is 6.85. The van der Waals surface area contributed by atoms with Crippen molar-refractivity contribution in [2.24, 2.45) is 0 Å². The first-order chi connectivity index (χ1) is 8.94. The van der Waals surface area contributed by atoms with Gasteiger partial charge in [-0.2, -0.15) is 0 Å². The van der Waals surface area contributed by atoms with Crippen molar-refractivity contribution in [1.29, 1.82) is 0 Å². The lowest BCUT2D eigenvalue weighted by Gasteiger charge is -2.28. The van der Waals surface area contributed by atoms with Crippen LogP contribution in [0, 0.1) is 0 Å². The zero-order valence-electron chi connectivity index (χ0n) is 11.5. The van der Waals surface area contributed by atoms with Crippen molar-refractivity contribution in [3.63, 3.8) is 0 Å². The van der Waals surface area contributed by atoms with Gasteiger partial charge < -0.3 is 13.8 Å². The summed E-state index contributed by atoms with van der Waals surface area (Å²) in [6.45, 7) is 2.99. The number of esters is 1. The molecule has 19 heavy (non-hydrogen) atoms. The van der Waals surface area contributed by atoms with Crippen molar-refractivity contribution in [2.45, 2.75) is 25.6 Å². The molecule has 0 heterocycles. The van der Waals surface area contributed by atoms with E-state index in [9.17, 15) is 9.36 Å². The summed E-state index contributed by atoms with van der Waals surface area (Å²) >= 11 is 0. The summed E-state index contributed by atoms with van der Waals surface area (Å²) in [5.41, 5.74) is 0.147. The molecule has 0 aromatic heterocycles. The van der Waals surface area contributed by atoms with E-state index < -0.39 is 25.3 Å². The molecule has 0 saturated carbocycles. The largest absolute Gasteiger partial charge is 0.457 e. The summed E-state index contributed by atoms with van der Waals surface area (Å²) in [4.78, 5) is 11.2. The third kappa shape index (κ3) is 3.90. The number of carbonyl (C=O) groups excluding carboxylic acids is 1. The zero-order valence-corrected chi connectivity index (χ0v) is 12.4. The van der Waals surface area contributed by atoms with Crippen LogP contribution in [0.25, 0.3) is 0 Å². The molecule has 0 fully saturated rings. The Kier molecular flexibility index (Phi) is 5.73. The number of ether oxygens (including phenoxy) is 1. The standard InChI is InChI=1S/C13H19O5P/c1-10(19(15,16-3)17-4)13(18-11(2)14)12-8-6-5-7-9-12/h5-10,13H,1-4H3.